The van der Waals surface area contributed by atoms with Crippen LogP contribution in [0.4, 0.5) is 5.69 Å². The quantitative estimate of drug-likeness (QED) is 0.695. The fourth-order valence-electron chi connectivity index (χ4n) is 2.90. The highest BCUT2D eigenvalue weighted by Crippen LogP contribution is 2.37. The van der Waals surface area contributed by atoms with Gasteiger partial charge in [-0.2, -0.15) is 0 Å². The predicted molar refractivity (Wildman–Crippen MR) is 117 cm³/mol. The van der Waals surface area contributed by atoms with Crippen LogP contribution in [0.15, 0.2) is 46.3 Å². The van der Waals surface area contributed by atoms with E-state index in [4.69, 9.17) is 9.47 Å². The first-order chi connectivity index (χ1) is 14.0. The first kappa shape index (κ1) is 20.8. The minimum absolute atomic E-state index is 0.0929. The van der Waals surface area contributed by atoms with Gasteiger partial charge in [0.1, 0.15) is 11.4 Å². The third-order valence-electron chi connectivity index (χ3n) is 4.34. The number of nitrogens with zero attached hydrogens (tertiary/aromatic N) is 2. The van der Waals surface area contributed by atoms with Crippen molar-refractivity contribution in [1.82, 2.24) is 4.90 Å². The van der Waals surface area contributed by atoms with Crippen molar-refractivity contribution < 1.29 is 19.4 Å². The van der Waals surface area contributed by atoms with Gasteiger partial charge in [-0.1, -0.05) is 12.1 Å². The Bertz CT molecular complexity index is 985. The number of carbonyl (C=O) groups is 1. The Labute approximate surface area is 174 Å². The summed E-state index contributed by atoms with van der Waals surface area (Å²) in [5.74, 6) is 1.25. The zero-order chi connectivity index (χ0) is 21.0. The number of carbonyl (C=O) groups excluding carboxylic acids is 1. The molecular formula is C22H24N2O4S. The summed E-state index contributed by atoms with van der Waals surface area (Å²) in [5.41, 5.74) is 2.21. The number of aliphatic imine (C=N–C) groups is 1. The zero-order valence-electron chi connectivity index (χ0n) is 16.9. The topological polar surface area (TPSA) is 71.4 Å². The van der Waals surface area contributed by atoms with Gasteiger partial charge in [-0.3, -0.25) is 9.69 Å². The number of aryl methyl sites for hydroxylation is 1. The van der Waals surface area contributed by atoms with E-state index < -0.39 is 0 Å². The van der Waals surface area contributed by atoms with Crippen LogP contribution in [0, 0.1) is 6.92 Å². The molecule has 1 aliphatic rings. The van der Waals surface area contributed by atoms with E-state index in [0.717, 1.165) is 11.1 Å². The molecule has 1 amide bonds. The number of aromatic hydroxyl groups is 1. The van der Waals surface area contributed by atoms with Gasteiger partial charge in [0.25, 0.3) is 5.91 Å². The molecule has 1 heterocycles. The molecule has 0 aromatic heterocycles. The van der Waals surface area contributed by atoms with Crippen molar-refractivity contribution in [3.8, 4) is 17.2 Å². The van der Waals surface area contributed by atoms with Crippen molar-refractivity contribution in [2.75, 3.05) is 20.3 Å². The normalized spacial score (nSPS) is 16.7. The molecule has 152 valence electrons. The monoisotopic (exact) mass is 412 g/mol. The first-order valence-corrected chi connectivity index (χ1v) is 10.2. The van der Waals surface area contributed by atoms with E-state index >= 15 is 0 Å². The maximum atomic E-state index is 12.8. The van der Waals surface area contributed by atoms with Gasteiger partial charge in [-0.05, 0) is 74.0 Å². The van der Waals surface area contributed by atoms with E-state index in [0.29, 0.717) is 40.4 Å². The second-order valence-corrected chi connectivity index (χ2v) is 7.40. The summed E-state index contributed by atoms with van der Waals surface area (Å²) < 4.78 is 10.9. The molecule has 0 saturated carbocycles. The van der Waals surface area contributed by atoms with E-state index in [2.05, 4.69) is 4.99 Å². The summed E-state index contributed by atoms with van der Waals surface area (Å²) in [6.45, 7) is 6.74. The molecule has 2 aromatic rings. The number of hydrogen-bond acceptors (Lipinski definition) is 6. The van der Waals surface area contributed by atoms with Gasteiger partial charge in [0.2, 0.25) is 0 Å². The number of rotatable bonds is 6. The average molecular weight is 413 g/mol. The Morgan fingerprint density at radius 1 is 1.17 bits per heavy atom. The molecule has 29 heavy (non-hydrogen) atoms. The Morgan fingerprint density at radius 3 is 2.62 bits per heavy atom. The molecule has 0 radical (unpaired) electrons. The van der Waals surface area contributed by atoms with Crippen molar-refractivity contribution >= 4 is 34.6 Å². The smallest absolute Gasteiger partial charge is 0.266 e. The van der Waals surface area contributed by atoms with Gasteiger partial charge >= 0.3 is 0 Å². The maximum absolute atomic E-state index is 12.8. The molecule has 0 aliphatic carbocycles. The van der Waals surface area contributed by atoms with Gasteiger partial charge in [0.15, 0.2) is 16.7 Å². The molecule has 3 rings (SSSR count). The summed E-state index contributed by atoms with van der Waals surface area (Å²) in [6.07, 6.45) is 1.81. The van der Waals surface area contributed by atoms with Crippen LogP contribution in [0.3, 0.4) is 0 Å². The molecule has 6 nitrogen and oxygen atoms in total. The van der Waals surface area contributed by atoms with E-state index in [9.17, 15) is 9.90 Å². The summed E-state index contributed by atoms with van der Waals surface area (Å²) in [6, 6.07) is 10.8. The lowest BCUT2D eigenvalue weighted by Gasteiger charge is -2.12. The highest BCUT2D eigenvalue weighted by Gasteiger charge is 2.32. The van der Waals surface area contributed by atoms with Gasteiger partial charge in [0, 0.05) is 6.54 Å². The largest absolute Gasteiger partial charge is 0.506 e. The molecule has 7 heteroatoms. The fourth-order valence-corrected chi connectivity index (χ4v) is 3.96. The standard InChI is InChI=1S/C22H24N2O4S/c1-5-24-21(26)20(13-15-8-10-18(28-6-2)19(12-15)27-4)29-22(24)23-16-9-7-14(3)11-17(16)25/h7-13,25H,5-6H2,1-4H3/b20-13-,23-22?. The number of likely N-dealkylation sites (N-methyl/N-ethyl adjacent to an activating group) is 1. The molecule has 1 aliphatic heterocycles. The molecule has 1 saturated heterocycles. The van der Waals surface area contributed by atoms with E-state index in [1.54, 1.807) is 24.1 Å². The molecule has 0 bridgehead atoms. The minimum Gasteiger partial charge on any atom is -0.506 e. The van der Waals surface area contributed by atoms with Gasteiger partial charge in [-0.25, -0.2) is 4.99 Å². The molecule has 2 aromatic carbocycles. The molecule has 1 N–H and O–H groups in total. The van der Waals surface area contributed by atoms with Crippen LogP contribution in [-0.4, -0.2) is 41.3 Å². The van der Waals surface area contributed by atoms with Crippen molar-refractivity contribution in [3.63, 3.8) is 0 Å². The number of phenolic OH excluding ortho intramolecular Hbond substituents is 1. The van der Waals surface area contributed by atoms with E-state index in [1.807, 2.05) is 51.1 Å². The lowest BCUT2D eigenvalue weighted by molar-refractivity contribution is -0.122. The van der Waals surface area contributed by atoms with E-state index in [-0.39, 0.29) is 11.7 Å². The number of benzene rings is 2. The van der Waals surface area contributed by atoms with E-state index in [1.165, 1.54) is 11.8 Å². The predicted octanol–water partition coefficient (Wildman–Crippen LogP) is 4.73. The molecule has 0 spiro atoms. The second kappa shape index (κ2) is 9.05. The highest BCUT2D eigenvalue weighted by atomic mass is 32.2. The highest BCUT2D eigenvalue weighted by molar-refractivity contribution is 8.18. The van der Waals surface area contributed by atoms with Gasteiger partial charge in [0.05, 0.1) is 18.6 Å². The third-order valence-corrected chi connectivity index (χ3v) is 5.34. The Morgan fingerprint density at radius 2 is 1.97 bits per heavy atom. The van der Waals surface area contributed by atoms with Crippen molar-refractivity contribution in [3.05, 3.63) is 52.4 Å². The number of ether oxygens (including phenoxy) is 2. The van der Waals surface area contributed by atoms with Crippen LogP contribution in [0.5, 0.6) is 17.2 Å². The summed E-state index contributed by atoms with van der Waals surface area (Å²) in [7, 11) is 1.59. The number of amidine groups is 1. The van der Waals surface area contributed by atoms with Crippen LogP contribution in [0.25, 0.3) is 6.08 Å². The number of thioether (sulfide) groups is 1. The summed E-state index contributed by atoms with van der Waals surface area (Å²) in [4.78, 5) is 19.5. The van der Waals surface area contributed by atoms with Crippen molar-refractivity contribution in [2.24, 2.45) is 4.99 Å². The lowest BCUT2D eigenvalue weighted by Crippen LogP contribution is -2.28. The minimum atomic E-state index is -0.115. The summed E-state index contributed by atoms with van der Waals surface area (Å²) in [5, 5.41) is 10.7. The van der Waals surface area contributed by atoms with Crippen LogP contribution in [-0.2, 0) is 4.79 Å². The van der Waals surface area contributed by atoms with Gasteiger partial charge in [-0.15, -0.1) is 0 Å². The first-order valence-electron chi connectivity index (χ1n) is 9.37. The Balaban J connectivity index is 1.93. The van der Waals surface area contributed by atoms with Gasteiger partial charge < -0.3 is 14.6 Å². The fraction of sp³-hybridized carbons (Fsp3) is 0.273. The molecule has 0 atom stereocenters. The molecular weight excluding hydrogens is 388 g/mol. The number of amides is 1. The van der Waals surface area contributed by atoms with Crippen molar-refractivity contribution in [1.29, 1.82) is 0 Å². The zero-order valence-corrected chi connectivity index (χ0v) is 17.7. The number of methoxy groups -OCH3 is 1. The Hall–Kier alpha value is -2.93. The Kier molecular flexibility index (Phi) is 6.49. The summed E-state index contributed by atoms with van der Waals surface area (Å²) >= 11 is 1.29. The maximum Gasteiger partial charge on any atom is 0.266 e. The molecule has 0 unspecified atom stereocenters. The number of hydrogen-bond donors (Lipinski definition) is 1. The second-order valence-electron chi connectivity index (χ2n) is 6.39. The lowest BCUT2D eigenvalue weighted by atomic mass is 10.2. The van der Waals surface area contributed by atoms with Crippen molar-refractivity contribution in [2.45, 2.75) is 20.8 Å². The van der Waals surface area contributed by atoms with Crippen LogP contribution in [0.2, 0.25) is 0 Å². The SMILES string of the molecule is CCOc1ccc(/C=C2\SC(=Nc3ccc(C)cc3O)N(CC)C2=O)cc1OC. The van der Waals surface area contributed by atoms with Crippen LogP contribution < -0.4 is 9.47 Å². The van der Waals surface area contributed by atoms with Crippen LogP contribution >= 0.6 is 11.8 Å². The van der Waals surface area contributed by atoms with Crippen LogP contribution in [0.1, 0.15) is 25.0 Å². The molecule has 1 fully saturated rings. The number of phenols is 1. The average Bonchev–Trinajstić information content (AvgIpc) is 2.99. The third kappa shape index (κ3) is 4.56.